The molecule has 9 heteroatoms. The van der Waals surface area contributed by atoms with Gasteiger partial charge in [0.05, 0.1) is 19.3 Å². The fraction of sp³-hybridized carbons (Fsp3) is 0.667. The summed E-state index contributed by atoms with van der Waals surface area (Å²) >= 11 is 0. The summed E-state index contributed by atoms with van der Waals surface area (Å²) in [6, 6.07) is 7.74. The number of anilines is 1. The molecular weight excluding hydrogens is 533 g/mol. The van der Waals surface area contributed by atoms with Crippen LogP contribution >= 0.6 is 24.0 Å². The first-order chi connectivity index (χ1) is 15.2. The summed E-state index contributed by atoms with van der Waals surface area (Å²) in [6.07, 6.45) is 2.26. The number of hydrogen-bond acceptors (Lipinski definition) is 5. The molecule has 0 spiro atoms. The van der Waals surface area contributed by atoms with Gasteiger partial charge in [-0.05, 0) is 78.3 Å². The Morgan fingerprint density at radius 1 is 1.15 bits per heavy atom. The van der Waals surface area contributed by atoms with E-state index < -0.39 is 0 Å². The molecule has 0 saturated carbocycles. The largest absolute Gasteiger partial charge is 0.491 e. The first kappa shape index (κ1) is 29.4. The monoisotopic (exact) mass is 575 g/mol. The van der Waals surface area contributed by atoms with Gasteiger partial charge in [-0.2, -0.15) is 0 Å². The molecule has 1 aliphatic heterocycles. The molecule has 0 aliphatic carbocycles. The molecular formula is C24H42IN5O3. The van der Waals surface area contributed by atoms with Crippen molar-refractivity contribution < 1.29 is 14.3 Å². The van der Waals surface area contributed by atoms with Crippen molar-refractivity contribution >= 4 is 41.5 Å². The zero-order valence-corrected chi connectivity index (χ0v) is 23.1. The fourth-order valence-corrected chi connectivity index (χ4v) is 3.27. The Kier molecular flexibility index (Phi) is 13.7. The number of aliphatic imine (C=N–C) groups is 1. The summed E-state index contributed by atoms with van der Waals surface area (Å²) in [6.45, 7) is 15.5. The van der Waals surface area contributed by atoms with E-state index in [1.807, 2.05) is 58.9 Å². The van der Waals surface area contributed by atoms with Crippen LogP contribution in [0.3, 0.4) is 0 Å². The van der Waals surface area contributed by atoms with Crippen LogP contribution in [0, 0.1) is 0 Å². The minimum atomic E-state index is -0.278. The second kappa shape index (κ2) is 15.3. The van der Waals surface area contributed by atoms with Crippen molar-refractivity contribution in [3.63, 3.8) is 0 Å². The van der Waals surface area contributed by atoms with Crippen LogP contribution < -0.4 is 20.7 Å². The molecule has 1 aromatic carbocycles. The molecule has 33 heavy (non-hydrogen) atoms. The number of hydrogen-bond donors (Lipinski definition) is 3. The van der Waals surface area contributed by atoms with Gasteiger partial charge < -0.3 is 25.4 Å². The van der Waals surface area contributed by atoms with Crippen molar-refractivity contribution in [3.8, 4) is 5.75 Å². The molecule has 3 N–H and O–H groups in total. The zero-order valence-electron chi connectivity index (χ0n) is 20.8. The number of ether oxygens (including phenoxy) is 2. The van der Waals surface area contributed by atoms with Crippen molar-refractivity contribution in [1.29, 1.82) is 0 Å². The number of morpholine rings is 1. The van der Waals surface area contributed by atoms with Gasteiger partial charge in [-0.15, -0.1) is 24.0 Å². The van der Waals surface area contributed by atoms with Crippen molar-refractivity contribution in [3.05, 3.63) is 24.3 Å². The highest BCUT2D eigenvalue weighted by molar-refractivity contribution is 14.0. The van der Waals surface area contributed by atoms with E-state index in [0.29, 0.717) is 5.96 Å². The molecule has 0 bridgehead atoms. The molecule has 2 rings (SSSR count). The highest BCUT2D eigenvalue weighted by Gasteiger charge is 2.13. The van der Waals surface area contributed by atoms with Gasteiger partial charge >= 0.3 is 0 Å². The fourth-order valence-electron chi connectivity index (χ4n) is 3.27. The molecule has 1 saturated heterocycles. The minimum Gasteiger partial charge on any atom is -0.491 e. The van der Waals surface area contributed by atoms with E-state index >= 15 is 0 Å². The zero-order chi connectivity index (χ0) is 23.4. The lowest BCUT2D eigenvalue weighted by Crippen LogP contribution is -2.42. The lowest BCUT2D eigenvalue weighted by atomic mass is 10.1. The van der Waals surface area contributed by atoms with E-state index in [1.165, 1.54) is 0 Å². The van der Waals surface area contributed by atoms with E-state index in [9.17, 15) is 4.79 Å². The van der Waals surface area contributed by atoms with E-state index in [-0.39, 0.29) is 48.1 Å². The SMILES string of the molecule is CC(C)Oc1ccc(NC(=NCC(=O)NC(C)(C)C)NCCCCN2CCOCC2)cc1.I. The summed E-state index contributed by atoms with van der Waals surface area (Å²) < 4.78 is 11.1. The second-order valence-electron chi connectivity index (χ2n) is 9.37. The number of amides is 1. The number of unbranched alkanes of at least 4 members (excludes halogenated alkanes) is 1. The molecule has 1 heterocycles. The topological polar surface area (TPSA) is 87.2 Å². The number of carbonyl (C=O) groups excluding carboxylic acids is 1. The molecule has 0 radical (unpaired) electrons. The first-order valence-electron chi connectivity index (χ1n) is 11.6. The molecule has 0 atom stereocenters. The third kappa shape index (κ3) is 13.6. The summed E-state index contributed by atoms with van der Waals surface area (Å²) in [5, 5.41) is 9.59. The van der Waals surface area contributed by atoms with Crippen molar-refractivity contribution in [2.45, 2.75) is 59.1 Å². The number of carbonyl (C=O) groups is 1. The van der Waals surface area contributed by atoms with Gasteiger partial charge in [0.15, 0.2) is 5.96 Å². The Morgan fingerprint density at radius 2 is 1.82 bits per heavy atom. The van der Waals surface area contributed by atoms with Crippen LogP contribution in [0.4, 0.5) is 5.69 Å². The molecule has 0 unspecified atom stereocenters. The normalized spacial score (nSPS) is 15.0. The number of nitrogens with zero attached hydrogens (tertiary/aromatic N) is 2. The smallest absolute Gasteiger partial charge is 0.242 e. The molecule has 0 aromatic heterocycles. The number of rotatable bonds is 10. The quantitative estimate of drug-likeness (QED) is 0.172. The molecule has 8 nitrogen and oxygen atoms in total. The second-order valence-corrected chi connectivity index (χ2v) is 9.37. The van der Waals surface area contributed by atoms with Crippen LogP contribution in [0.25, 0.3) is 0 Å². The number of nitrogens with one attached hydrogen (secondary N) is 3. The summed E-state index contributed by atoms with van der Waals surface area (Å²) in [4.78, 5) is 19.1. The minimum absolute atomic E-state index is 0. The van der Waals surface area contributed by atoms with Crippen molar-refractivity contribution in [2.24, 2.45) is 4.99 Å². The van der Waals surface area contributed by atoms with E-state index in [4.69, 9.17) is 9.47 Å². The number of benzene rings is 1. The maximum atomic E-state index is 12.2. The average molecular weight is 576 g/mol. The lowest BCUT2D eigenvalue weighted by Gasteiger charge is -2.26. The molecule has 1 amide bonds. The van der Waals surface area contributed by atoms with E-state index in [1.54, 1.807) is 0 Å². The number of guanidine groups is 1. The Morgan fingerprint density at radius 3 is 2.42 bits per heavy atom. The predicted molar refractivity (Wildman–Crippen MR) is 146 cm³/mol. The van der Waals surface area contributed by atoms with Gasteiger partial charge in [0.2, 0.25) is 5.91 Å². The third-order valence-corrected chi connectivity index (χ3v) is 4.68. The highest BCUT2D eigenvalue weighted by atomic mass is 127. The number of halogens is 1. The Bertz CT molecular complexity index is 714. The average Bonchev–Trinajstić information content (AvgIpc) is 2.72. The third-order valence-electron chi connectivity index (χ3n) is 4.68. The van der Waals surface area contributed by atoms with Crippen LogP contribution in [-0.4, -0.2) is 74.3 Å². The molecule has 1 fully saturated rings. The highest BCUT2D eigenvalue weighted by Crippen LogP contribution is 2.16. The van der Waals surface area contributed by atoms with Crippen molar-refractivity contribution in [2.75, 3.05) is 51.3 Å². The Balaban J connectivity index is 0.00000544. The molecule has 1 aromatic rings. The van der Waals surface area contributed by atoms with E-state index in [2.05, 4.69) is 25.8 Å². The lowest BCUT2D eigenvalue weighted by molar-refractivity contribution is -0.121. The summed E-state index contributed by atoms with van der Waals surface area (Å²) in [5.74, 6) is 1.31. The Labute approximate surface area is 216 Å². The molecule has 1 aliphatic rings. The molecule has 188 valence electrons. The van der Waals surface area contributed by atoms with Gasteiger partial charge in [0, 0.05) is 30.9 Å². The van der Waals surface area contributed by atoms with Crippen LogP contribution in [0.2, 0.25) is 0 Å². The van der Waals surface area contributed by atoms with Gasteiger partial charge in [0.25, 0.3) is 0 Å². The van der Waals surface area contributed by atoms with Crippen LogP contribution in [0.15, 0.2) is 29.3 Å². The van der Waals surface area contributed by atoms with Gasteiger partial charge in [-0.1, -0.05) is 0 Å². The van der Waals surface area contributed by atoms with Gasteiger partial charge in [-0.3, -0.25) is 9.69 Å². The standard InChI is InChI=1S/C24H41N5O3.HI/c1-19(2)32-21-10-8-20(9-11-21)27-23(26-18-22(30)28-24(3,4)5)25-12-6-7-13-29-14-16-31-17-15-29;/h8-11,19H,6-7,12-18H2,1-5H3,(H,28,30)(H2,25,26,27);1H. The maximum absolute atomic E-state index is 12.2. The van der Waals surface area contributed by atoms with Crippen LogP contribution in [0.1, 0.15) is 47.5 Å². The first-order valence-corrected chi connectivity index (χ1v) is 11.6. The van der Waals surface area contributed by atoms with E-state index in [0.717, 1.165) is 63.7 Å². The van der Waals surface area contributed by atoms with Gasteiger partial charge in [-0.25, -0.2) is 4.99 Å². The summed E-state index contributed by atoms with van der Waals surface area (Å²) in [7, 11) is 0. The Hall–Kier alpha value is -1.59. The van der Waals surface area contributed by atoms with Crippen LogP contribution in [-0.2, 0) is 9.53 Å². The van der Waals surface area contributed by atoms with Crippen molar-refractivity contribution in [1.82, 2.24) is 15.5 Å². The van der Waals surface area contributed by atoms with Crippen LogP contribution in [0.5, 0.6) is 5.75 Å². The predicted octanol–water partition coefficient (Wildman–Crippen LogP) is 3.48. The van der Waals surface area contributed by atoms with Gasteiger partial charge in [0.1, 0.15) is 12.3 Å². The summed E-state index contributed by atoms with van der Waals surface area (Å²) in [5.41, 5.74) is 0.608. The maximum Gasteiger partial charge on any atom is 0.242 e.